The van der Waals surface area contributed by atoms with Crippen molar-refractivity contribution < 1.29 is 37.0 Å². The van der Waals surface area contributed by atoms with Crippen LogP contribution in [0.1, 0.15) is 75.9 Å². The highest BCUT2D eigenvalue weighted by atomic mass is 19.4. The molecule has 1 atom stereocenters. The van der Waals surface area contributed by atoms with Crippen LogP contribution in [0.2, 0.25) is 0 Å². The van der Waals surface area contributed by atoms with Gasteiger partial charge in [0.25, 0.3) is 11.5 Å². The van der Waals surface area contributed by atoms with E-state index in [1.54, 1.807) is 41.5 Å². The van der Waals surface area contributed by atoms with Crippen LogP contribution in [0.5, 0.6) is 0 Å². The van der Waals surface area contributed by atoms with E-state index in [-0.39, 0.29) is 42.1 Å². The number of aromatic amines is 1. The molecular formula is C30H36F3N5O6. The molecule has 0 saturated heterocycles. The number of halogens is 3. The van der Waals surface area contributed by atoms with Crippen molar-refractivity contribution in [3.05, 3.63) is 63.4 Å². The third kappa shape index (κ3) is 9.44. The lowest BCUT2D eigenvalue weighted by atomic mass is 10.1. The summed E-state index contributed by atoms with van der Waals surface area (Å²) < 4.78 is 52.7. The zero-order valence-electron chi connectivity index (χ0n) is 25.3. The van der Waals surface area contributed by atoms with E-state index in [2.05, 4.69) is 20.6 Å². The highest BCUT2D eigenvalue weighted by Gasteiger charge is 2.37. The minimum atomic E-state index is -4.87. The molecule has 1 amide bonds. The number of anilines is 2. The standard InChI is InChI=1S/C30H36F3N5O6/c1-28(2,3)43-21(39)14-13-20(26(42)44-29(4,5)6)36-24(40)17-9-7-16(8-10-17)15-35-19-12-11-18-22(23(19)30(31,32)33)25(41)38-27(34)37-18/h7-12,20,35H,13-15H2,1-6H3,(H,36,40)(H3,34,37,38,41). The quantitative estimate of drug-likeness (QED) is 0.249. The van der Waals surface area contributed by atoms with Crippen LogP contribution in [0.4, 0.5) is 24.8 Å². The number of nitrogens with one attached hydrogen (secondary N) is 3. The van der Waals surface area contributed by atoms with Gasteiger partial charge in [0.05, 0.1) is 16.5 Å². The minimum absolute atomic E-state index is 0.0597. The van der Waals surface area contributed by atoms with Crippen LogP contribution in [0.15, 0.2) is 41.2 Å². The van der Waals surface area contributed by atoms with E-state index in [9.17, 15) is 32.3 Å². The first kappa shape index (κ1) is 33.9. The average molecular weight is 620 g/mol. The number of esters is 2. The molecule has 0 saturated carbocycles. The van der Waals surface area contributed by atoms with Crippen molar-refractivity contribution in [1.29, 1.82) is 0 Å². The number of fused-ring (bicyclic) bond motifs is 1. The van der Waals surface area contributed by atoms with E-state index in [1.807, 2.05) is 0 Å². The zero-order valence-corrected chi connectivity index (χ0v) is 25.3. The maximum atomic E-state index is 14.0. The van der Waals surface area contributed by atoms with Gasteiger partial charge in [-0.3, -0.25) is 19.4 Å². The monoisotopic (exact) mass is 619 g/mol. The third-order valence-electron chi connectivity index (χ3n) is 5.93. The van der Waals surface area contributed by atoms with Crippen LogP contribution >= 0.6 is 0 Å². The van der Waals surface area contributed by atoms with Gasteiger partial charge < -0.3 is 25.8 Å². The summed E-state index contributed by atoms with van der Waals surface area (Å²) in [5, 5.41) is 4.64. The van der Waals surface area contributed by atoms with Gasteiger partial charge in [0.15, 0.2) is 0 Å². The van der Waals surface area contributed by atoms with Crippen molar-refractivity contribution in [3.63, 3.8) is 0 Å². The van der Waals surface area contributed by atoms with Crippen molar-refractivity contribution >= 4 is 40.4 Å². The highest BCUT2D eigenvalue weighted by Crippen LogP contribution is 2.38. The Labute approximate surface area is 251 Å². The predicted molar refractivity (Wildman–Crippen MR) is 158 cm³/mol. The number of amides is 1. The van der Waals surface area contributed by atoms with E-state index in [0.29, 0.717) is 5.56 Å². The van der Waals surface area contributed by atoms with Gasteiger partial charge in [0.1, 0.15) is 17.2 Å². The van der Waals surface area contributed by atoms with Gasteiger partial charge in [-0.25, -0.2) is 9.78 Å². The summed E-state index contributed by atoms with van der Waals surface area (Å²) in [7, 11) is 0. The Morgan fingerprint density at radius 3 is 2.14 bits per heavy atom. The Kier molecular flexibility index (Phi) is 9.96. The molecule has 1 heterocycles. The van der Waals surface area contributed by atoms with E-state index < -0.39 is 57.8 Å². The smallest absolute Gasteiger partial charge is 0.419 e. The number of ether oxygens (including phenoxy) is 2. The topological polar surface area (TPSA) is 165 Å². The highest BCUT2D eigenvalue weighted by molar-refractivity contribution is 5.97. The van der Waals surface area contributed by atoms with Crippen LogP contribution in [-0.2, 0) is 31.8 Å². The molecule has 5 N–H and O–H groups in total. The molecule has 1 unspecified atom stereocenters. The molecule has 0 radical (unpaired) electrons. The molecule has 0 spiro atoms. The molecule has 44 heavy (non-hydrogen) atoms. The first-order valence-electron chi connectivity index (χ1n) is 13.7. The van der Waals surface area contributed by atoms with Crippen LogP contribution in [-0.4, -0.2) is 45.1 Å². The Hall–Kier alpha value is -4.62. The fourth-order valence-corrected chi connectivity index (χ4v) is 4.18. The largest absolute Gasteiger partial charge is 0.460 e. The number of nitrogens with two attached hydrogens (primary N) is 1. The molecule has 1 aromatic heterocycles. The number of nitrogen functional groups attached to an aromatic ring is 1. The fraction of sp³-hybridized carbons (Fsp3) is 0.433. The first-order valence-corrected chi connectivity index (χ1v) is 13.7. The van der Waals surface area contributed by atoms with Gasteiger partial charge in [-0.15, -0.1) is 0 Å². The van der Waals surface area contributed by atoms with Crippen LogP contribution in [0.25, 0.3) is 10.9 Å². The lowest BCUT2D eigenvalue weighted by Crippen LogP contribution is -2.44. The SMILES string of the molecule is CC(C)(C)OC(=O)CCC(NC(=O)c1ccc(CNc2ccc3nc(N)[nH]c(=O)c3c2C(F)(F)F)cc1)C(=O)OC(C)(C)C. The summed E-state index contributed by atoms with van der Waals surface area (Å²) in [5.74, 6) is -2.18. The van der Waals surface area contributed by atoms with Crippen LogP contribution < -0.4 is 21.9 Å². The molecule has 11 nitrogen and oxygen atoms in total. The summed E-state index contributed by atoms with van der Waals surface area (Å²) in [5.41, 5.74) is 1.86. The molecule has 0 fully saturated rings. The number of benzene rings is 2. The van der Waals surface area contributed by atoms with Crippen molar-refractivity contribution in [2.24, 2.45) is 0 Å². The van der Waals surface area contributed by atoms with Crippen molar-refractivity contribution in [2.45, 2.75) is 84.3 Å². The van der Waals surface area contributed by atoms with Gasteiger partial charge in [-0.05, 0) is 77.8 Å². The predicted octanol–water partition coefficient (Wildman–Crippen LogP) is 4.70. The number of hydrogen-bond donors (Lipinski definition) is 4. The van der Waals surface area contributed by atoms with Gasteiger partial charge >= 0.3 is 18.1 Å². The summed E-state index contributed by atoms with van der Waals surface area (Å²) in [6.07, 6.45) is -5.07. The number of carbonyl (C=O) groups is 3. The number of H-pyrrole nitrogens is 1. The molecule has 238 valence electrons. The van der Waals surface area contributed by atoms with E-state index in [1.165, 1.54) is 30.3 Å². The Bertz CT molecular complexity index is 1590. The average Bonchev–Trinajstić information content (AvgIpc) is 2.87. The lowest BCUT2D eigenvalue weighted by molar-refractivity contribution is -0.158. The Morgan fingerprint density at radius 2 is 1.57 bits per heavy atom. The maximum Gasteiger partial charge on any atom is 0.419 e. The molecule has 14 heteroatoms. The van der Waals surface area contributed by atoms with Gasteiger partial charge in [-0.1, -0.05) is 12.1 Å². The number of aromatic nitrogens is 2. The number of alkyl halides is 3. The number of hydrogen-bond acceptors (Lipinski definition) is 9. The van der Waals surface area contributed by atoms with Gasteiger partial charge in [0, 0.05) is 24.2 Å². The van der Waals surface area contributed by atoms with Crippen LogP contribution in [0.3, 0.4) is 0 Å². The molecule has 0 aliphatic heterocycles. The maximum absolute atomic E-state index is 14.0. The van der Waals surface area contributed by atoms with E-state index in [4.69, 9.17) is 15.2 Å². The molecule has 3 rings (SSSR count). The normalized spacial score (nSPS) is 12.8. The molecule has 0 aliphatic carbocycles. The number of nitrogens with zero attached hydrogens (tertiary/aromatic N) is 1. The summed E-state index contributed by atoms with van der Waals surface area (Å²) in [6, 6.07) is 7.20. The zero-order chi connectivity index (χ0) is 33.0. The number of carbonyl (C=O) groups excluding carboxylic acids is 3. The molecule has 3 aromatic rings. The Morgan fingerprint density at radius 1 is 0.955 bits per heavy atom. The van der Waals surface area contributed by atoms with Crippen molar-refractivity contribution in [3.8, 4) is 0 Å². The molecule has 0 bridgehead atoms. The van der Waals surface area contributed by atoms with Gasteiger partial charge in [0.2, 0.25) is 5.95 Å². The van der Waals surface area contributed by atoms with Crippen molar-refractivity contribution in [2.75, 3.05) is 11.1 Å². The second-order valence-corrected chi connectivity index (χ2v) is 12.1. The fourth-order valence-electron chi connectivity index (χ4n) is 4.18. The molecule has 2 aromatic carbocycles. The molecular weight excluding hydrogens is 583 g/mol. The third-order valence-corrected chi connectivity index (χ3v) is 5.93. The van der Waals surface area contributed by atoms with Gasteiger partial charge in [-0.2, -0.15) is 13.2 Å². The molecule has 0 aliphatic rings. The first-order chi connectivity index (χ1) is 20.2. The lowest BCUT2D eigenvalue weighted by Gasteiger charge is -2.25. The minimum Gasteiger partial charge on any atom is -0.460 e. The second kappa shape index (κ2) is 12.9. The summed E-state index contributed by atoms with van der Waals surface area (Å²) in [4.78, 5) is 56.2. The van der Waals surface area contributed by atoms with Crippen molar-refractivity contribution in [1.82, 2.24) is 15.3 Å². The van der Waals surface area contributed by atoms with Crippen LogP contribution in [0, 0.1) is 0 Å². The van der Waals surface area contributed by atoms with E-state index in [0.717, 1.165) is 6.07 Å². The summed E-state index contributed by atoms with van der Waals surface area (Å²) in [6.45, 7) is 10.1. The second-order valence-electron chi connectivity index (χ2n) is 12.1. The summed E-state index contributed by atoms with van der Waals surface area (Å²) >= 11 is 0. The number of rotatable bonds is 9. The Balaban J connectivity index is 1.75. The van der Waals surface area contributed by atoms with E-state index >= 15 is 0 Å².